The molecule has 0 aliphatic carbocycles. The third-order valence-corrected chi connectivity index (χ3v) is 4.54. The standard InChI is InChI=1S/C22H31N3O5/c1-22(2,3)30-21(28)24-14-17-10-12-25(13-11-17)20(27)9-6-16-4-7-18(8-5-16)29-15-19(23)26/h4-9,17H,10-15H2,1-3H3,(H2,23,26)(H,24,28)/b9-6+. The Hall–Kier alpha value is -3.03. The molecule has 0 atom stereocenters. The van der Waals surface area contributed by atoms with Gasteiger partial charge in [-0.25, -0.2) is 4.79 Å². The molecule has 0 radical (unpaired) electrons. The molecule has 8 nitrogen and oxygen atoms in total. The van der Waals surface area contributed by atoms with Gasteiger partial charge in [-0.15, -0.1) is 0 Å². The van der Waals surface area contributed by atoms with E-state index in [0.29, 0.717) is 31.3 Å². The molecule has 3 N–H and O–H groups in total. The van der Waals surface area contributed by atoms with Gasteiger partial charge in [-0.1, -0.05) is 12.1 Å². The summed E-state index contributed by atoms with van der Waals surface area (Å²) in [4.78, 5) is 36.7. The van der Waals surface area contributed by atoms with Gasteiger partial charge in [0, 0.05) is 25.7 Å². The second-order valence-electron chi connectivity index (χ2n) is 8.31. The minimum Gasteiger partial charge on any atom is -0.484 e. The highest BCUT2D eigenvalue weighted by Gasteiger charge is 2.23. The number of nitrogens with zero attached hydrogens (tertiary/aromatic N) is 1. The van der Waals surface area contributed by atoms with E-state index in [1.54, 1.807) is 36.4 Å². The molecule has 1 aromatic rings. The van der Waals surface area contributed by atoms with Gasteiger partial charge < -0.3 is 25.4 Å². The van der Waals surface area contributed by atoms with Crippen molar-refractivity contribution in [2.75, 3.05) is 26.2 Å². The maximum atomic E-state index is 12.4. The van der Waals surface area contributed by atoms with E-state index in [2.05, 4.69) is 5.32 Å². The Morgan fingerprint density at radius 3 is 2.37 bits per heavy atom. The number of alkyl carbamates (subject to hydrolysis) is 1. The number of ether oxygens (including phenoxy) is 2. The van der Waals surface area contributed by atoms with E-state index in [-0.39, 0.29) is 12.5 Å². The van der Waals surface area contributed by atoms with Crippen molar-refractivity contribution in [3.63, 3.8) is 0 Å². The quantitative estimate of drug-likeness (QED) is 0.662. The molecule has 0 unspecified atom stereocenters. The number of primary amides is 1. The van der Waals surface area contributed by atoms with Crippen LogP contribution in [-0.2, 0) is 14.3 Å². The van der Waals surface area contributed by atoms with E-state index in [9.17, 15) is 14.4 Å². The number of benzene rings is 1. The first-order valence-electron chi connectivity index (χ1n) is 10.1. The molecule has 1 aliphatic heterocycles. The van der Waals surface area contributed by atoms with Crippen molar-refractivity contribution >= 4 is 24.0 Å². The predicted molar refractivity (Wildman–Crippen MR) is 114 cm³/mol. The van der Waals surface area contributed by atoms with Gasteiger partial charge in [0.2, 0.25) is 5.91 Å². The lowest BCUT2D eigenvalue weighted by Gasteiger charge is -2.31. The van der Waals surface area contributed by atoms with Crippen LogP contribution in [0.3, 0.4) is 0 Å². The summed E-state index contributed by atoms with van der Waals surface area (Å²) in [6.07, 6.45) is 4.56. The highest BCUT2D eigenvalue weighted by Crippen LogP contribution is 2.18. The van der Waals surface area contributed by atoms with Crippen molar-refractivity contribution in [1.29, 1.82) is 0 Å². The van der Waals surface area contributed by atoms with Crippen LogP contribution in [0.2, 0.25) is 0 Å². The Labute approximate surface area is 177 Å². The molecular weight excluding hydrogens is 386 g/mol. The van der Waals surface area contributed by atoms with Crippen LogP contribution in [0, 0.1) is 5.92 Å². The first kappa shape index (κ1) is 23.3. The lowest BCUT2D eigenvalue weighted by atomic mass is 9.97. The molecule has 8 heteroatoms. The molecule has 0 bridgehead atoms. The first-order chi connectivity index (χ1) is 14.1. The van der Waals surface area contributed by atoms with Crippen molar-refractivity contribution in [1.82, 2.24) is 10.2 Å². The topological polar surface area (TPSA) is 111 Å². The fraction of sp³-hybridized carbons (Fsp3) is 0.500. The summed E-state index contributed by atoms with van der Waals surface area (Å²) in [6.45, 7) is 7.18. The number of hydrogen-bond acceptors (Lipinski definition) is 5. The molecule has 0 spiro atoms. The van der Waals surface area contributed by atoms with E-state index >= 15 is 0 Å². The maximum Gasteiger partial charge on any atom is 0.407 e. The summed E-state index contributed by atoms with van der Waals surface area (Å²) in [7, 11) is 0. The number of likely N-dealkylation sites (tertiary alicyclic amines) is 1. The van der Waals surface area contributed by atoms with Gasteiger partial charge in [-0.3, -0.25) is 9.59 Å². The van der Waals surface area contributed by atoms with Crippen LogP contribution in [0.1, 0.15) is 39.2 Å². The first-order valence-corrected chi connectivity index (χ1v) is 10.1. The summed E-state index contributed by atoms with van der Waals surface area (Å²) in [5.74, 6) is 0.300. The summed E-state index contributed by atoms with van der Waals surface area (Å²) in [5.41, 5.74) is 5.38. The molecule has 1 aliphatic rings. The maximum absolute atomic E-state index is 12.4. The van der Waals surface area contributed by atoms with Gasteiger partial charge in [0.1, 0.15) is 11.4 Å². The minimum atomic E-state index is -0.533. The molecule has 3 amide bonds. The summed E-state index contributed by atoms with van der Waals surface area (Å²) in [5, 5.41) is 2.80. The molecule has 0 saturated carbocycles. The Balaban J connectivity index is 1.73. The molecule has 164 valence electrons. The van der Waals surface area contributed by atoms with Gasteiger partial charge in [0.05, 0.1) is 0 Å². The minimum absolute atomic E-state index is 0.0393. The number of amides is 3. The lowest BCUT2D eigenvalue weighted by Crippen LogP contribution is -2.41. The van der Waals surface area contributed by atoms with Crippen LogP contribution in [0.25, 0.3) is 6.08 Å². The van der Waals surface area contributed by atoms with Crippen molar-refractivity contribution in [2.24, 2.45) is 11.7 Å². The van der Waals surface area contributed by atoms with E-state index in [1.807, 2.05) is 25.7 Å². The highest BCUT2D eigenvalue weighted by molar-refractivity contribution is 5.91. The number of nitrogens with two attached hydrogens (primary N) is 1. The van der Waals surface area contributed by atoms with Gasteiger partial charge in [0.15, 0.2) is 6.61 Å². The zero-order valence-corrected chi connectivity index (χ0v) is 17.8. The van der Waals surface area contributed by atoms with Crippen molar-refractivity contribution in [3.05, 3.63) is 35.9 Å². The molecule has 1 fully saturated rings. The number of rotatable bonds is 7. The summed E-state index contributed by atoms with van der Waals surface area (Å²) >= 11 is 0. The van der Waals surface area contributed by atoms with Gasteiger partial charge in [0.25, 0.3) is 5.91 Å². The Morgan fingerprint density at radius 1 is 1.17 bits per heavy atom. The molecule has 2 rings (SSSR count). The number of nitrogens with one attached hydrogen (secondary N) is 1. The third-order valence-electron chi connectivity index (χ3n) is 4.54. The fourth-order valence-electron chi connectivity index (χ4n) is 3.00. The number of carbonyl (C=O) groups is 3. The summed E-state index contributed by atoms with van der Waals surface area (Å²) < 4.78 is 10.4. The van der Waals surface area contributed by atoms with Gasteiger partial charge in [-0.2, -0.15) is 0 Å². The monoisotopic (exact) mass is 417 g/mol. The fourth-order valence-corrected chi connectivity index (χ4v) is 3.00. The van der Waals surface area contributed by atoms with Gasteiger partial charge >= 0.3 is 6.09 Å². The zero-order chi connectivity index (χ0) is 22.1. The van der Waals surface area contributed by atoms with Gasteiger partial charge in [-0.05, 0) is 63.3 Å². The second-order valence-corrected chi connectivity index (χ2v) is 8.31. The predicted octanol–water partition coefficient (Wildman–Crippen LogP) is 2.33. The summed E-state index contributed by atoms with van der Waals surface area (Å²) in [6, 6.07) is 7.04. The number of carbonyl (C=O) groups excluding carboxylic acids is 3. The second kappa shape index (κ2) is 10.7. The lowest BCUT2D eigenvalue weighted by molar-refractivity contribution is -0.127. The van der Waals surface area contributed by atoms with Crippen molar-refractivity contribution in [3.8, 4) is 5.75 Å². The molecule has 30 heavy (non-hydrogen) atoms. The van der Waals surface area contributed by atoms with Crippen LogP contribution in [0.5, 0.6) is 5.75 Å². The van der Waals surface area contributed by atoms with E-state index in [0.717, 1.165) is 18.4 Å². The molecule has 0 aromatic heterocycles. The SMILES string of the molecule is CC(C)(C)OC(=O)NCC1CCN(C(=O)/C=C/c2ccc(OCC(N)=O)cc2)CC1. The largest absolute Gasteiger partial charge is 0.484 e. The number of hydrogen-bond donors (Lipinski definition) is 2. The smallest absolute Gasteiger partial charge is 0.407 e. The highest BCUT2D eigenvalue weighted by atomic mass is 16.6. The average Bonchev–Trinajstić information content (AvgIpc) is 2.69. The Morgan fingerprint density at radius 2 is 1.80 bits per heavy atom. The van der Waals surface area contributed by atoms with E-state index in [4.69, 9.17) is 15.2 Å². The Bertz CT molecular complexity index is 760. The van der Waals surface area contributed by atoms with Crippen LogP contribution in [-0.4, -0.2) is 54.6 Å². The molecule has 1 heterocycles. The van der Waals surface area contributed by atoms with Crippen molar-refractivity contribution < 1.29 is 23.9 Å². The van der Waals surface area contributed by atoms with Crippen LogP contribution in [0.15, 0.2) is 30.3 Å². The normalized spacial score (nSPS) is 15.1. The van der Waals surface area contributed by atoms with E-state index in [1.165, 1.54) is 0 Å². The third kappa shape index (κ3) is 8.55. The zero-order valence-electron chi connectivity index (χ0n) is 17.8. The van der Waals surface area contributed by atoms with E-state index < -0.39 is 17.6 Å². The van der Waals surface area contributed by atoms with Crippen LogP contribution < -0.4 is 15.8 Å². The number of piperidine rings is 1. The molecular formula is C22H31N3O5. The van der Waals surface area contributed by atoms with Crippen molar-refractivity contribution in [2.45, 2.75) is 39.2 Å². The molecule has 1 saturated heterocycles. The van der Waals surface area contributed by atoms with Crippen LogP contribution >= 0.6 is 0 Å². The average molecular weight is 418 g/mol. The van der Waals surface area contributed by atoms with Crippen LogP contribution in [0.4, 0.5) is 4.79 Å². The molecule has 1 aromatic carbocycles. The Kier molecular flexibility index (Phi) is 8.26.